The number of aromatic nitrogens is 4. The fourth-order valence-electron chi connectivity index (χ4n) is 4.19. The van der Waals surface area contributed by atoms with Crippen molar-refractivity contribution in [1.29, 1.82) is 0 Å². The topological polar surface area (TPSA) is 77.9 Å². The van der Waals surface area contributed by atoms with E-state index in [0.717, 1.165) is 46.8 Å². The standard InChI is InChI=1S/C27H27N5O2/c1-18-16-19(2)32(30-18)17-22-13-14-25(34-22)27(33)28-21-11-8-20(9-12-21)10-15-26-29-23-6-4-5-7-24(23)31(26)3/h4-9,11-14,16H,10,15,17H2,1-3H3,(H,28,33). The van der Waals surface area contributed by atoms with Gasteiger partial charge in [0.25, 0.3) is 5.91 Å². The van der Waals surface area contributed by atoms with Gasteiger partial charge in [-0.2, -0.15) is 5.10 Å². The number of nitrogens with zero attached hydrogens (tertiary/aromatic N) is 4. The smallest absolute Gasteiger partial charge is 0.291 e. The zero-order valence-electron chi connectivity index (χ0n) is 19.6. The summed E-state index contributed by atoms with van der Waals surface area (Å²) in [5.74, 6) is 1.76. The quantitative estimate of drug-likeness (QED) is 0.373. The van der Waals surface area contributed by atoms with Gasteiger partial charge in [0.05, 0.1) is 23.3 Å². The van der Waals surface area contributed by atoms with E-state index in [0.29, 0.717) is 12.3 Å². The van der Waals surface area contributed by atoms with E-state index in [2.05, 4.69) is 28.1 Å². The Bertz CT molecular complexity index is 1460. The van der Waals surface area contributed by atoms with Crippen molar-refractivity contribution in [2.45, 2.75) is 33.2 Å². The number of amides is 1. The van der Waals surface area contributed by atoms with Gasteiger partial charge in [0, 0.05) is 24.8 Å². The fourth-order valence-corrected chi connectivity index (χ4v) is 4.19. The molecule has 1 amide bonds. The number of carbonyl (C=O) groups is 1. The Labute approximate surface area is 198 Å². The minimum Gasteiger partial charge on any atom is -0.454 e. The van der Waals surface area contributed by atoms with E-state index in [9.17, 15) is 4.79 Å². The molecule has 1 N–H and O–H groups in total. The number of hydrogen-bond donors (Lipinski definition) is 1. The molecule has 0 fully saturated rings. The summed E-state index contributed by atoms with van der Waals surface area (Å²) in [6.07, 6.45) is 1.72. The Morgan fingerprint density at radius 1 is 1.00 bits per heavy atom. The van der Waals surface area contributed by atoms with Crippen LogP contribution in [0.5, 0.6) is 0 Å². The number of aryl methyl sites for hydroxylation is 5. The maximum Gasteiger partial charge on any atom is 0.291 e. The molecule has 5 aromatic rings. The van der Waals surface area contributed by atoms with E-state index in [4.69, 9.17) is 9.40 Å². The number of para-hydroxylation sites is 2. The highest BCUT2D eigenvalue weighted by Crippen LogP contribution is 2.18. The SMILES string of the molecule is Cc1cc(C)n(Cc2ccc(C(=O)Nc3ccc(CCc4nc5ccccc5n4C)cc3)o2)n1. The molecular formula is C27H27N5O2. The van der Waals surface area contributed by atoms with Crippen LogP contribution in [-0.2, 0) is 26.4 Å². The van der Waals surface area contributed by atoms with Crippen LogP contribution in [0.2, 0.25) is 0 Å². The maximum absolute atomic E-state index is 12.6. The van der Waals surface area contributed by atoms with Crippen molar-refractivity contribution in [2.75, 3.05) is 5.32 Å². The summed E-state index contributed by atoms with van der Waals surface area (Å²) in [6.45, 7) is 4.45. The molecule has 0 aliphatic carbocycles. The van der Waals surface area contributed by atoms with E-state index in [1.54, 1.807) is 6.07 Å². The first-order valence-corrected chi connectivity index (χ1v) is 11.4. The molecule has 0 radical (unpaired) electrons. The number of imidazole rings is 1. The van der Waals surface area contributed by atoms with Gasteiger partial charge in [-0.3, -0.25) is 9.48 Å². The number of fused-ring (bicyclic) bond motifs is 1. The molecule has 0 atom stereocenters. The Morgan fingerprint density at radius 2 is 1.79 bits per heavy atom. The van der Waals surface area contributed by atoms with E-state index < -0.39 is 0 Å². The first kappa shape index (κ1) is 21.7. The summed E-state index contributed by atoms with van der Waals surface area (Å²) < 4.78 is 9.76. The molecule has 0 unspecified atom stereocenters. The van der Waals surface area contributed by atoms with E-state index in [-0.39, 0.29) is 11.7 Å². The number of carbonyl (C=O) groups excluding carboxylic acids is 1. The second kappa shape index (κ2) is 9.02. The summed E-state index contributed by atoms with van der Waals surface area (Å²) in [5, 5.41) is 7.34. The van der Waals surface area contributed by atoms with Crippen molar-refractivity contribution in [3.63, 3.8) is 0 Å². The van der Waals surface area contributed by atoms with E-state index >= 15 is 0 Å². The Kier molecular flexibility index (Phi) is 5.76. The second-order valence-electron chi connectivity index (χ2n) is 8.58. The highest BCUT2D eigenvalue weighted by Gasteiger charge is 2.13. The van der Waals surface area contributed by atoms with Gasteiger partial charge >= 0.3 is 0 Å². The average Bonchev–Trinajstić information content (AvgIpc) is 3.51. The third-order valence-corrected chi connectivity index (χ3v) is 6.02. The Balaban J connectivity index is 1.18. The van der Waals surface area contributed by atoms with Gasteiger partial charge in [-0.15, -0.1) is 0 Å². The molecule has 7 nitrogen and oxygen atoms in total. The van der Waals surface area contributed by atoms with Gasteiger partial charge in [-0.05, 0) is 68.3 Å². The number of benzene rings is 2. The van der Waals surface area contributed by atoms with Crippen LogP contribution in [0.1, 0.15) is 39.1 Å². The van der Waals surface area contributed by atoms with Gasteiger partial charge in [0.15, 0.2) is 5.76 Å². The van der Waals surface area contributed by atoms with Crippen LogP contribution in [0.15, 0.2) is 71.1 Å². The minimum absolute atomic E-state index is 0.271. The Morgan fingerprint density at radius 3 is 2.53 bits per heavy atom. The third kappa shape index (κ3) is 4.50. The minimum atomic E-state index is -0.271. The highest BCUT2D eigenvalue weighted by molar-refractivity contribution is 6.02. The van der Waals surface area contributed by atoms with Crippen molar-refractivity contribution < 1.29 is 9.21 Å². The molecule has 5 rings (SSSR count). The molecule has 0 aliphatic heterocycles. The summed E-state index contributed by atoms with van der Waals surface area (Å²) in [6, 6.07) is 21.6. The predicted octanol–water partition coefficient (Wildman–Crippen LogP) is 5.07. The number of nitrogens with one attached hydrogen (secondary N) is 1. The van der Waals surface area contributed by atoms with E-state index in [1.807, 2.05) is 73.1 Å². The number of rotatable bonds is 7. The second-order valence-corrected chi connectivity index (χ2v) is 8.58. The molecule has 0 spiro atoms. The zero-order chi connectivity index (χ0) is 23.7. The summed E-state index contributed by atoms with van der Waals surface area (Å²) in [4.78, 5) is 17.4. The Hall–Kier alpha value is -4.13. The molecule has 0 saturated carbocycles. The first-order chi connectivity index (χ1) is 16.5. The molecular weight excluding hydrogens is 426 g/mol. The van der Waals surface area contributed by atoms with Crippen LogP contribution >= 0.6 is 0 Å². The molecule has 3 heterocycles. The number of anilines is 1. The number of furan rings is 1. The first-order valence-electron chi connectivity index (χ1n) is 11.4. The van der Waals surface area contributed by atoms with Gasteiger partial charge < -0.3 is 14.3 Å². The maximum atomic E-state index is 12.6. The highest BCUT2D eigenvalue weighted by atomic mass is 16.4. The van der Waals surface area contributed by atoms with Gasteiger partial charge in [0.2, 0.25) is 0 Å². The molecule has 0 aliphatic rings. The fraction of sp³-hybridized carbons (Fsp3) is 0.222. The molecule has 0 bridgehead atoms. The lowest BCUT2D eigenvalue weighted by atomic mass is 10.1. The molecule has 2 aromatic carbocycles. The summed E-state index contributed by atoms with van der Waals surface area (Å²) >= 11 is 0. The van der Waals surface area contributed by atoms with Crippen LogP contribution in [0.3, 0.4) is 0 Å². The summed E-state index contributed by atoms with van der Waals surface area (Å²) in [5.41, 5.74) is 6.10. The lowest BCUT2D eigenvalue weighted by Crippen LogP contribution is -2.11. The number of hydrogen-bond acceptors (Lipinski definition) is 4. The molecule has 7 heteroatoms. The van der Waals surface area contributed by atoms with Crippen molar-refractivity contribution in [3.8, 4) is 0 Å². The lowest BCUT2D eigenvalue weighted by Gasteiger charge is -2.06. The zero-order valence-corrected chi connectivity index (χ0v) is 19.6. The van der Waals surface area contributed by atoms with Crippen molar-refractivity contribution >= 4 is 22.6 Å². The lowest BCUT2D eigenvalue weighted by molar-refractivity contribution is 0.0994. The van der Waals surface area contributed by atoms with Crippen LogP contribution in [0.4, 0.5) is 5.69 Å². The molecule has 34 heavy (non-hydrogen) atoms. The summed E-state index contributed by atoms with van der Waals surface area (Å²) in [7, 11) is 2.06. The molecule has 0 saturated heterocycles. The monoisotopic (exact) mass is 453 g/mol. The van der Waals surface area contributed by atoms with Crippen molar-refractivity contribution in [3.05, 3.63) is 101 Å². The van der Waals surface area contributed by atoms with Crippen LogP contribution in [-0.4, -0.2) is 25.2 Å². The normalized spacial score (nSPS) is 11.3. The molecule has 3 aromatic heterocycles. The van der Waals surface area contributed by atoms with Crippen LogP contribution in [0, 0.1) is 13.8 Å². The largest absolute Gasteiger partial charge is 0.454 e. The average molecular weight is 454 g/mol. The van der Waals surface area contributed by atoms with Gasteiger partial charge in [-0.1, -0.05) is 24.3 Å². The van der Waals surface area contributed by atoms with Gasteiger partial charge in [0.1, 0.15) is 11.6 Å². The van der Waals surface area contributed by atoms with E-state index in [1.165, 1.54) is 5.56 Å². The van der Waals surface area contributed by atoms with Crippen LogP contribution in [0.25, 0.3) is 11.0 Å². The van der Waals surface area contributed by atoms with Crippen molar-refractivity contribution in [2.24, 2.45) is 7.05 Å². The van der Waals surface area contributed by atoms with Crippen LogP contribution < -0.4 is 5.32 Å². The van der Waals surface area contributed by atoms with Gasteiger partial charge in [-0.25, -0.2) is 4.98 Å². The van der Waals surface area contributed by atoms with Crippen molar-refractivity contribution in [1.82, 2.24) is 19.3 Å². The third-order valence-electron chi connectivity index (χ3n) is 6.02. The molecule has 172 valence electrons. The predicted molar refractivity (Wildman–Crippen MR) is 132 cm³/mol.